The molecule has 0 amide bonds. The minimum absolute atomic E-state index is 0.0429. The molecule has 0 aliphatic heterocycles. The maximum absolute atomic E-state index is 10.5. The zero-order chi connectivity index (χ0) is 14.3. The predicted octanol–water partition coefficient (Wildman–Crippen LogP) is 1.73. The Bertz CT molecular complexity index is 368. The lowest BCUT2D eigenvalue weighted by molar-refractivity contribution is 0.104. The third-order valence-electron chi connectivity index (χ3n) is 3.21. The molecule has 0 spiro atoms. The van der Waals surface area contributed by atoms with E-state index < -0.39 is 6.10 Å². The molecule has 2 atom stereocenters. The molecule has 0 aliphatic rings. The largest absolute Gasteiger partial charge is 0.497 e. The number of hydrogen-bond donors (Lipinski definition) is 3. The van der Waals surface area contributed by atoms with Crippen molar-refractivity contribution in [2.75, 3.05) is 20.3 Å². The smallest absolute Gasteiger partial charge is 0.119 e. The van der Waals surface area contributed by atoms with Crippen LogP contribution in [0.4, 0.5) is 0 Å². The van der Waals surface area contributed by atoms with Gasteiger partial charge in [0.25, 0.3) is 0 Å². The molecule has 0 bridgehead atoms. The lowest BCUT2D eigenvalue weighted by Crippen LogP contribution is -2.40. The van der Waals surface area contributed by atoms with Crippen molar-refractivity contribution in [2.45, 2.75) is 32.4 Å². The topological polar surface area (TPSA) is 61.7 Å². The summed E-state index contributed by atoms with van der Waals surface area (Å²) in [5.41, 5.74) is 0.842. The molecule has 3 N–H and O–H groups in total. The molecule has 4 heteroatoms. The van der Waals surface area contributed by atoms with Gasteiger partial charge in [-0.25, -0.2) is 0 Å². The Hall–Kier alpha value is -1.10. The van der Waals surface area contributed by atoms with Gasteiger partial charge in [0.2, 0.25) is 0 Å². The molecular formula is C15H25NO3. The summed E-state index contributed by atoms with van der Waals surface area (Å²) in [6.45, 7) is 4.99. The molecule has 0 heterocycles. The lowest BCUT2D eigenvalue weighted by atomic mass is 9.93. The average Bonchev–Trinajstić information content (AvgIpc) is 2.42. The van der Waals surface area contributed by atoms with Gasteiger partial charge in [-0.05, 0) is 36.6 Å². The number of ether oxygens (including phenoxy) is 1. The number of aliphatic hydroxyl groups excluding tert-OH is 2. The molecule has 0 fully saturated rings. The van der Waals surface area contributed by atoms with Crippen molar-refractivity contribution in [2.24, 2.45) is 5.92 Å². The van der Waals surface area contributed by atoms with E-state index in [4.69, 9.17) is 9.84 Å². The first kappa shape index (κ1) is 16.0. The molecule has 2 unspecified atom stereocenters. The summed E-state index contributed by atoms with van der Waals surface area (Å²) in [7, 11) is 1.62. The summed E-state index contributed by atoms with van der Waals surface area (Å²) in [4.78, 5) is 0. The first-order valence-corrected chi connectivity index (χ1v) is 6.76. The van der Waals surface area contributed by atoms with E-state index in [1.165, 1.54) is 0 Å². The Labute approximate surface area is 115 Å². The molecule has 0 aromatic heterocycles. The summed E-state index contributed by atoms with van der Waals surface area (Å²) in [5, 5.41) is 22.6. The zero-order valence-corrected chi connectivity index (χ0v) is 12.0. The highest BCUT2D eigenvalue weighted by atomic mass is 16.5. The molecule has 19 heavy (non-hydrogen) atoms. The van der Waals surface area contributed by atoms with Crippen molar-refractivity contribution < 1.29 is 14.9 Å². The van der Waals surface area contributed by atoms with Crippen molar-refractivity contribution in [1.82, 2.24) is 5.32 Å². The maximum atomic E-state index is 10.5. The van der Waals surface area contributed by atoms with Crippen LogP contribution in [0.2, 0.25) is 0 Å². The quantitative estimate of drug-likeness (QED) is 0.628. The number of rotatable bonds is 8. The van der Waals surface area contributed by atoms with Crippen LogP contribution in [0.1, 0.15) is 31.9 Å². The van der Waals surface area contributed by atoms with E-state index in [1.807, 2.05) is 24.3 Å². The molecule has 1 rings (SSSR count). The van der Waals surface area contributed by atoms with Gasteiger partial charge >= 0.3 is 0 Å². The lowest BCUT2D eigenvalue weighted by Gasteiger charge is -2.28. The van der Waals surface area contributed by atoms with Gasteiger partial charge in [-0.15, -0.1) is 0 Å². The predicted molar refractivity (Wildman–Crippen MR) is 76.3 cm³/mol. The molecule has 0 saturated heterocycles. The Kier molecular flexibility index (Phi) is 6.84. The first-order valence-electron chi connectivity index (χ1n) is 6.76. The summed E-state index contributed by atoms with van der Waals surface area (Å²) in [5.74, 6) is 1.04. The number of benzene rings is 1. The van der Waals surface area contributed by atoms with Crippen LogP contribution in [0.3, 0.4) is 0 Å². The van der Waals surface area contributed by atoms with E-state index in [0.717, 1.165) is 11.3 Å². The first-order chi connectivity index (χ1) is 9.10. The normalized spacial score (nSPS) is 14.4. The van der Waals surface area contributed by atoms with E-state index in [9.17, 15) is 5.11 Å². The van der Waals surface area contributed by atoms with Gasteiger partial charge in [0.05, 0.1) is 13.2 Å². The van der Waals surface area contributed by atoms with Crippen molar-refractivity contribution in [3.05, 3.63) is 29.8 Å². The number of hydrogen-bond acceptors (Lipinski definition) is 4. The van der Waals surface area contributed by atoms with Crippen molar-refractivity contribution in [3.8, 4) is 5.75 Å². The van der Waals surface area contributed by atoms with Crippen LogP contribution in [0.5, 0.6) is 5.75 Å². The van der Waals surface area contributed by atoms with Crippen molar-refractivity contribution in [3.63, 3.8) is 0 Å². The van der Waals surface area contributed by atoms with Crippen LogP contribution in [-0.4, -0.2) is 36.5 Å². The monoisotopic (exact) mass is 267 g/mol. The minimum atomic E-state index is -0.589. The summed E-state index contributed by atoms with van der Waals surface area (Å²) in [6, 6.07) is 7.45. The molecule has 1 aromatic rings. The minimum Gasteiger partial charge on any atom is -0.497 e. The van der Waals surface area contributed by atoms with Gasteiger partial charge in [0, 0.05) is 12.6 Å². The third kappa shape index (κ3) is 4.82. The highest BCUT2D eigenvalue weighted by Crippen LogP contribution is 2.25. The van der Waals surface area contributed by atoms with Crippen molar-refractivity contribution in [1.29, 1.82) is 0 Å². The maximum Gasteiger partial charge on any atom is 0.119 e. The second-order valence-corrected chi connectivity index (χ2v) is 5.02. The number of nitrogens with one attached hydrogen (secondary N) is 1. The van der Waals surface area contributed by atoms with Crippen molar-refractivity contribution >= 4 is 0 Å². The summed E-state index contributed by atoms with van der Waals surface area (Å²) >= 11 is 0. The number of aliphatic hydroxyl groups is 2. The van der Waals surface area contributed by atoms with Crippen LogP contribution < -0.4 is 10.1 Å². The van der Waals surface area contributed by atoms with Gasteiger partial charge in [-0.3, -0.25) is 0 Å². The van der Waals surface area contributed by atoms with Crippen LogP contribution in [-0.2, 0) is 0 Å². The van der Waals surface area contributed by atoms with E-state index in [-0.39, 0.29) is 12.6 Å². The third-order valence-corrected chi connectivity index (χ3v) is 3.21. The van der Waals surface area contributed by atoms with Gasteiger partial charge < -0.3 is 20.3 Å². The summed E-state index contributed by atoms with van der Waals surface area (Å²) < 4.78 is 5.18. The van der Waals surface area contributed by atoms with Gasteiger partial charge in [-0.2, -0.15) is 0 Å². The van der Waals surface area contributed by atoms with E-state index in [2.05, 4.69) is 19.2 Å². The van der Waals surface area contributed by atoms with Crippen LogP contribution in [0, 0.1) is 5.92 Å². The Morgan fingerprint density at radius 3 is 2.63 bits per heavy atom. The van der Waals surface area contributed by atoms with E-state index in [0.29, 0.717) is 18.9 Å². The Morgan fingerprint density at radius 2 is 2.05 bits per heavy atom. The standard InChI is InChI=1S/C15H25NO3/c1-11(2)14(16-8-5-9-17)15(18)12-6-4-7-13(10-12)19-3/h4,6-7,10-11,14-18H,5,8-9H2,1-3H3. The molecule has 1 aromatic carbocycles. The molecule has 0 saturated carbocycles. The number of methoxy groups -OCH3 is 1. The van der Waals surface area contributed by atoms with Gasteiger partial charge in [0.1, 0.15) is 5.75 Å². The highest BCUT2D eigenvalue weighted by Gasteiger charge is 2.23. The molecule has 0 radical (unpaired) electrons. The van der Waals surface area contributed by atoms with E-state index >= 15 is 0 Å². The molecular weight excluding hydrogens is 242 g/mol. The fourth-order valence-corrected chi connectivity index (χ4v) is 2.09. The van der Waals surface area contributed by atoms with E-state index in [1.54, 1.807) is 7.11 Å². The average molecular weight is 267 g/mol. The van der Waals surface area contributed by atoms with Crippen LogP contribution >= 0.6 is 0 Å². The zero-order valence-electron chi connectivity index (χ0n) is 12.0. The SMILES string of the molecule is COc1cccc(C(O)C(NCCCO)C(C)C)c1. The fourth-order valence-electron chi connectivity index (χ4n) is 2.09. The second-order valence-electron chi connectivity index (χ2n) is 5.02. The molecule has 0 aliphatic carbocycles. The van der Waals surface area contributed by atoms with Gasteiger partial charge in [-0.1, -0.05) is 26.0 Å². The van der Waals surface area contributed by atoms with Crippen LogP contribution in [0.15, 0.2) is 24.3 Å². The van der Waals surface area contributed by atoms with Gasteiger partial charge in [0.15, 0.2) is 0 Å². The Morgan fingerprint density at radius 1 is 1.32 bits per heavy atom. The summed E-state index contributed by atoms with van der Waals surface area (Å²) in [6.07, 6.45) is 0.0995. The molecule has 4 nitrogen and oxygen atoms in total. The molecule has 108 valence electrons. The second kappa shape index (κ2) is 8.15. The highest BCUT2D eigenvalue weighted by molar-refractivity contribution is 5.30. The van der Waals surface area contributed by atoms with Crippen LogP contribution in [0.25, 0.3) is 0 Å². The fraction of sp³-hybridized carbons (Fsp3) is 0.600. The Balaban J connectivity index is 2.76.